The second-order valence-electron chi connectivity index (χ2n) is 4.95. The largest absolute Gasteiger partial charge is 0.490 e. The van der Waals surface area contributed by atoms with Crippen LogP contribution < -0.4 is 10.1 Å². The molecule has 108 valence electrons. The number of benzene rings is 1. The molecule has 0 spiro atoms. The van der Waals surface area contributed by atoms with Crippen molar-refractivity contribution in [2.75, 3.05) is 20.3 Å². The van der Waals surface area contributed by atoms with E-state index in [0.717, 1.165) is 38.3 Å². The van der Waals surface area contributed by atoms with Crippen molar-refractivity contribution < 1.29 is 9.47 Å². The first kappa shape index (κ1) is 16.0. The summed E-state index contributed by atoms with van der Waals surface area (Å²) in [6.45, 7) is 8.99. The lowest BCUT2D eigenvalue weighted by molar-refractivity contribution is 0.134. The first-order valence-corrected chi connectivity index (χ1v) is 7.13. The van der Waals surface area contributed by atoms with Crippen LogP contribution in [0.25, 0.3) is 0 Å². The van der Waals surface area contributed by atoms with Gasteiger partial charge in [0.15, 0.2) is 0 Å². The summed E-state index contributed by atoms with van der Waals surface area (Å²) >= 11 is 0. The highest BCUT2D eigenvalue weighted by Gasteiger charge is 2.10. The average Bonchev–Trinajstić information content (AvgIpc) is 2.40. The van der Waals surface area contributed by atoms with Gasteiger partial charge >= 0.3 is 0 Å². The highest BCUT2D eigenvalue weighted by molar-refractivity contribution is 5.40. The molecule has 0 aliphatic carbocycles. The van der Waals surface area contributed by atoms with Crippen LogP contribution in [0.3, 0.4) is 0 Å². The molecule has 0 fully saturated rings. The molecule has 1 aromatic rings. The number of para-hydroxylation sites is 1. The van der Waals surface area contributed by atoms with E-state index in [9.17, 15) is 0 Å². The number of hydrogen-bond donors (Lipinski definition) is 1. The number of ether oxygens (including phenoxy) is 2. The van der Waals surface area contributed by atoms with Gasteiger partial charge in [0, 0.05) is 32.2 Å². The number of aryl methyl sites for hydroxylation is 1. The molecule has 3 nitrogen and oxygen atoms in total. The van der Waals surface area contributed by atoms with E-state index in [-0.39, 0.29) is 6.10 Å². The molecule has 1 N–H and O–H groups in total. The van der Waals surface area contributed by atoms with Crippen LogP contribution >= 0.6 is 0 Å². The van der Waals surface area contributed by atoms with E-state index in [1.807, 2.05) is 0 Å². The predicted molar refractivity (Wildman–Crippen MR) is 79.8 cm³/mol. The van der Waals surface area contributed by atoms with Gasteiger partial charge in [0.25, 0.3) is 0 Å². The highest BCUT2D eigenvalue weighted by Crippen LogP contribution is 2.25. The molecule has 0 aliphatic heterocycles. The summed E-state index contributed by atoms with van der Waals surface area (Å²) in [7, 11) is 1.72. The Balaban J connectivity index is 2.68. The molecule has 0 heterocycles. The fraction of sp³-hybridized carbons (Fsp3) is 0.625. The molecule has 19 heavy (non-hydrogen) atoms. The Kier molecular flexibility index (Phi) is 7.53. The van der Waals surface area contributed by atoms with Crippen LogP contribution in [-0.4, -0.2) is 26.4 Å². The lowest BCUT2D eigenvalue weighted by atomic mass is 10.1. The lowest BCUT2D eigenvalue weighted by Gasteiger charge is -2.19. The zero-order valence-corrected chi connectivity index (χ0v) is 12.7. The molecular formula is C16H27NO2. The summed E-state index contributed by atoms with van der Waals surface area (Å²) in [6.07, 6.45) is 2.23. The van der Waals surface area contributed by atoms with Crippen LogP contribution in [0, 0.1) is 6.92 Å². The third kappa shape index (κ3) is 5.62. The van der Waals surface area contributed by atoms with Gasteiger partial charge in [-0.3, -0.25) is 0 Å². The monoisotopic (exact) mass is 265 g/mol. The molecule has 0 radical (unpaired) electrons. The predicted octanol–water partition coefficient (Wildman–Crippen LogP) is 3.30. The molecule has 1 atom stereocenters. The fourth-order valence-electron chi connectivity index (χ4n) is 1.96. The fourth-order valence-corrected chi connectivity index (χ4v) is 1.96. The lowest BCUT2D eigenvalue weighted by Crippen LogP contribution is -2.18. The van der Waals surface area contributed by atoms with Gasteiger partial charge in [0.05, 0.1) is 6.10 Å². The van der Waals surface area contributed by atoms with E-state index in [1.165, 1.54) is 11.1 Å². The Morgan fingerprint density at radius 3 is 2.79 bits per heavy atom. The Hall–Kier alpha value is -1.06. The Bertz CT molecular complexity index is 366. The molecule has 0 saturated heterocycles. The topological polar surface area (TPSA) is 30.5 Å². The summed E-state index contributed by atoms with van der Waals surface area (Å²) < 4.78 is 11.2. The van der Waals surface area contributed by atoms with Crippen molar-refractivity contribution in [1.29, 1.82) is 0 Å². The van der Waals surface area contributed by atoms with Crippen molar-refractivity contribution in [2.45, 2.75) is 46.3 Å². The van der Waals surface area contributed by atoms with Gasteiger partial charge in [-0.1, -0.05) is 25.1 Å². The van der Waals surface area contributed by atoms with Crippen molar-refractivity contribution in [1.82, 2.24) is 5.32 Å². The smallest absolute Gasteiger partial charge is 0.127 e. The second-order valence-corrected chi connectivity index (χ2v) is 4.95. The second kappa shape index (κ2) is 8.94. The number of hydrogen-bond acceptors (Lipinski definition) is 3. The first-order valence-electron chi connectivity index (χ1n) is 7.13. The van der Waals surface area contributed by atoms with E-state index in [4.69, 9.17) is 9.47 Å². The molecule has 1 aromatic carbocycles. The summed E-state index contributed by atoms with van der Waals surface area (Å²) in [5.41, 5.74) is 2.43. The Labute approximate surface area is 117 Å². The van der Waals surface area contributed by atoms with Gasteiger partial charge in [0.2, 0.25) is 0 Å². The van der Waals surface area contributed by atoms with Gasteiger partial charge in [0.1, 0.15) is 5.75 Å². The van der Waals surface area contributed by atoms with Crippen LogP contribution in [0.1, 0.15) is 37.8 Å². The maximum atomic E-state index is 6.09. The van der Waals surface area contributed by atoms with Crippen LogP contribution in [0.5, 0.6) is 5.75 Å². The molecular weight excluding hydrogens is 238 g/mol. The Morgan fingerprint density at radius 2 is 2.11 bits per heavy atom. The van der Waals surface area contributed by atoms with Gasteiger partial charge in [-0.05, 0) is 32.4 Å². The third-order valence-corrected chi connectivity index (χ3v) is 3.08. The van der Waals surface area contributed by atoms with E-state index in [2.05, 4.69) is 44.3 Å². The molecule has 0 aliphatic rings. The van der Waals surface area contributed by atoms with Crippen molar-refractivity contribution >= 4 is 0 Å². The molecule has 0 saturated carbocycles. The van der Waals surface area contributed by atoms with Crippen molar-refractivity contribution in [3.8, 4) is 5.75 Å². The molecule has 0 aromatic heterocycles. The summed E-state index contributed by atoms with van der Waals surface area (Å²) in [6, 6.07) is 6.32. The van der Waals surface area contributed by atoms with Gasteiger partial charge in [-0.15, -0.1) is 0 Å². The zero-order valence-electron chi connectivity index (χ0n) is 12.7. The van der Waals surface area contributed by atoms with E-state index in [0.29, 0.717) is 0 Å². The molecule has 1 unspecified atom stereocenters. The number of rotatable bonds is 9. The first-order chi connectivity index (χ1) is 9.19. The Morgan fingerprint density at radius 1 is 1.32 bits per heavy atom. The van der Waals surface area contributed by atoms with Crippen molar-refractivity contribution in [3.63, 3.8) is 0 Å². The minimum atomic E-state index is 0.172. The van der Waals surface area contributed by atoms with E-state index >= 15 is 0 Å². The minimum absolute atomic E-state index is 0.172. The quantitative estimate of drug-likeness (QED) is 0.695. The maximum Gasteiger partial charge on any atom is 0.127 e. The molecule has 3 heteroatoms. The van der Waals surface area contributed by atoms with Gasteiger partial charge in [-0.25, -0.2) is 0 Å². The summed E-state index contributed by atoms with van der Waals surface area (Å²) in [5.74, 6) is 1.02. The standard InChI is InChI=1S/C16H27NO2/c1-5-10-17-12-15-8-6-7-13(2)16(15)19-14(3)9-11-18-4/h6-8,14,17H,5,9-12H2,1-4H3. The van der Waals surface area contributed by atoms with Crippen LogP contribution in [0.2, 0.25) is 0 Å². The van der Waals surface area contributed by atoms with Crippen LogP contribution in [0.4, 0.5) is 0 Å². The van der Waals surface area contributed by atoms with Crippen molar-refractivity contribution in [2.24, 2.45) is 0 Å². The van der Waals surface area contributed by atoms with Crippen LogP contribution in [0.15, 0.2) is 18.2 Å². The zero-order chi connectivity index (χ0) is 14.1. The highest BCUT2D eigenvalue weighted by atomic mass is 16.5. The van der Waals surface area contributed by atoms with E-state index < -0.39 is 0 Å². The van der Waals surface area contributed by atoms with Gasteiger partial charge < -0.3 is 14.8 Å². The summed E-state index contributed by atoms with van der Waals surface area (Å²) in [5, 5.41) is 3.43. The maximum absolute atomic E-state index is 6.09. The molecule has 0 bridgehead atoms. The number of nitrogens with one attached hydrogen (secondary N) is 1. The van der Waals surface area contributed by atoms with Crippen molar-refractivity contribution in [3.05, 3.63) is 29.3 Å². The third-order valence-electron chi connectivity index (χ3n) is 3.08. The average molecular weight is 265 g/mol. The van der Waals surface area contributed by atoms with Gasteiger partial charge in [-0.2, -0.15) is 0 Å². The minimum Gasteiger partial charge on any atom is -0.490 e. The molecule has 1 rings (SSSR count). The van der Waals surface area contributed by atoms with E-state index in [1.54, 1.807) is 7.11 Å². The number of methoxy groups -OCH3 is 1. The normalized spacial score (nSPS) is 12.4. The SMILES string of the molecule is CCCNCc1cccc(C)c1OC(C)CCOC. The molecule has 0 amide bonds. The van der Waals surface area contributed by atoms with Crippen LogP contribution in [-0.2, 0) is 11.3 Å². The summed E-state index contributed by atoms with van der Waals surface area (Å²) in [4.78, 5) is 0.